The summed E-state index contributed by atoms with van der Waals surface area (Å²) in [5.41, 5.74) is -0.162. The highest BCUT2D eigenvalue weighted by molar-refractivity contribution is 5.83. The van der Waals surface area contributed by atoms with E-state index in [0.29, 0.717) is 48.9 Å². The van der Waals surface area contributed by atoms with E-state index in [1.54, 1.807) is 0 Å². The summed E-state index contributed by atoms with van der Waals surface area (Å²) in [7, 11) is 0. The number of carbonyl (C=O) groups is 1. The lowest BCUT2D eigenvalue weighted by Crippen LogP contribution is -2.59. The Balaban J connectivity index is 1.56. The van der Waals surface area contributed by atoms with E-state index in [0.717, 1.165) is 25.7 Å². The summed E-state index contributed by atoms with van der Waals surface area (Å²) in [5.74, 6) is 2.05. The first kappa shape index (κ1) is 25.6. The minimum Gasteiger partial charge on any atom is -0.390 e. The molecule has 4 aliphatic rings. The molecule has 4 fully saturated rings. The quantitative estimate of drug-likeness (QED) is 0.496. The zero-order chi connectivity index (χ0) is 24.5. The monoisotopic (exact) mass is 464 g/mol. The van der Waals surface area contributed by atoms with Gasteiger partial charge in [-0.05, 0) is 90.8 Å². The number of hydrogen-bond donors (Lipinski definition) is 4. The van der Waals surface area contributed by atoms with Crippen molar-refractivity contribution in [3.63, 3.8) is 0 Å². The van der Waals surface area contributed by atoms with Crippen molar-refractivity contribution in [1.29, 1.82) is 0 Å². The number of fused-ring (bicyclic) bond motifs is 5. The normalized spacial score (nSPS) is 49.1. The van der Waals surface area contributed by atoms with Crippen LogP contribution in [0.15, 0.2) is 0 Å². The van der Waals surface area contributed by atoms with Gasteiger partial charge in [-0.25, -0.2) is 0 Å². The van der Waals surface area contributed by atoms with Gasteiger partial charge < -0.3 is 20.4 Å². The SMILES string of the molecule is CC(C)[C@H](C)[C@@H](O)[C@H](O)[C@@H](C)[C@H]1CC[C@H]2[C@@H]3CC(=O)C4C[C@H](O)[C@H](O)C[C@]4(C)[C@H]3CC[C@]12C. The van der Waals surface area contributed by atoms with Gasteiger partial charge in [-0.1, -0.05) is 41.5 Å². The van der Waals surface area contributed by atoms with E-state index in [9.17, 15) is 25.2 Å². The first-order chi connectivity index (χ1) is 15.3. The lowest BCUT2D eigenvalue weighted by atomic mass is 9.44. The molecule has 0 aliphatic heterocycles. The van der Waals surface area contributed by atoms with E-state index in [1.165, 1.54) is 0 Å². The topological polar surface area (TPSA) is 98.0 Å². The molecule has 4 saturated carbocycles. The Morgan fingerprint density at radius 2 is 1.52 bits per heavy atom. The van der Waals surface area contributed by atoms with E-state index in [2.05, 4.69) is 34.6 Å². The number of hydrogen-bond acceptors (Lipinski definition) is 5. The van der Waals surface area contributed by atoms with E-state index >= 15 is 0 Å². The number of aliphatic hydroxyl groups is 4. The molecule has 4 N–H and O–H groups in total. The Kier molecular flexibility index (Phi) is 6.88. The average molecular weight is 465 g/mol. The summed E-state index contributed by atoms with van der Waals surface area (Å²) in [6.45, 7) is 12.9. The Morgan fingerprint density at radius 1 is 0.879 bits per heavy atom. The Morgan fingerprint density at radius 3 is 2.15 bits per heavy atom. The molecule has 4 aliphatic carbocycles. The van der Waals surface area contributed by atoms with E-state index < -0.39 is 24.4 Å². The Bertz CT molecular complexity index is 738. The van der Waals surface area contributed by atoms with Gasteiger partial charge >= 0.3 is 0 Å². The standard InChI is InChI=1S/C28H48O5/c1-14(2)15(3)25(32)26(33)16(4)18-7-8-19-17-11-22(29)21-12-23(30)24(31)13-28(21,6)20(17)9-10-27(18,19)5/h14-21,23-26,30-33H,7-13H2,1-6H3/t15-,16-,17-,18+,19-,20-,21?,23-,24+,25+,26+,27+,28+/m0/s1. The van der Waals surface area contributed by atoms with Crippen LogP contribution in [-0.2, 0) is 4.79 Å². The van der Waals surface area contributed by atoms with Gasteiger partial charge in [-0.3, -0.25) is 4.79 Å². The highest BCUT2D eigenvalue weighted by Crippen LogP contribution is 2.67. The zero-order valence-electron chi connectivity index (χ0n) is 21.6. The van der Waals surface area contributed by atoms with Gasteiger partial charge in [-0.15, -0.1) is 0 Å². The molecule has 0 amide bonds. The molecule has 0 saturated heterocycles. The minimum atomic E-state index is -0.782. The number of ketones is 1. The fourth-order valence-electron chi connectivity index (χ4n) is 9.23. The molecular formula is C28H48O5. The lowest BCUT2D eigenvalue weighted by Gasteiger charge is -2.61. The highest BCUT2D eigenvalue weighted by Gasteiger charge is 2.63. The fourth-order valence-corrected chi connectivity index (χ4v) is 9.23. The molecule has 190 valence electrons. The van der Waals surface area contributed by atoms with Gasteiger partial charge in [0.1, 0.15) is 5.78 Å². The number of Topliss-reactive ketones (excluding diaryl/α,β-unsaturated/α-hetero) is 1. The van der Waals surface area contributed by atoms with Crippen LogP contribution in [0.1, 0.15) is 86.5 Å². The molecule has 5 nitrogen and oxygen atoms in total. The predicted octanol–water partition coefficient (Wildman–Crippen LogP) is 3.81. The third kappa shape index (κ3) is 3.93. The molecule has 33 heavy (non-hydrogen) atoms. The molecule has 0 aromatic carbocycles. The molecule has 4 rings (SSSR count). The van der Waals surface area contributed by atoms with Gasteiger partial charge in [0.05, 0.1) is 24.4 Å². The van der Waals surface area contributed by atoms with Crippen molar-refractivity contribution >= 4 is 5.78 Å². The van der Waals surface area contributed by atoms with Crippen molar-refractivity contribution in [2.24, 2.45) is 58.2 Å². The lowest BCUT2D eigenvalue weighted by molar-refractivity contribution is -0.175. The molecule has 0 spiro atoms. The molecule has 13 atom stereocenters. The molecule has 1 unspecified atom stereocenters. The molecule has 0 radical (unpaired) electrons. The van der Waals surface area contributed by atoms with Crippen LogP contribution < -0.4 is 0 Å². The Labute approximate surface area is 200 Å². The van der Waals surface area contributed by atoms with Gasteiger partial charge in [0, 0.05) is 12.3 Å². The van der Waals surface area contributed by atoms with Crippen molar-refractivity contribution in [3.05, 3.63) is 0 Å². The second-order valence-corrected chi connectivity index (χ2v) is 13.4. The molecular weight excluding hydrogens is 416 g/mol. The van der Waals surface area contributed by atoms with E-state index in [-0.39, 0.29) is 34.4 Å². The summed E-state index contributed by atoms with van der Waals surface area (Å²) >= 11 is 0. The fraction of sp³-hybridized carbons (Fsp3) is 0.964. The maximum Gasteiger partial charge on any atom is 0.136 e. The van der Waals surface area contributed by atoms with Crippen LogP contribution in [0.25, 0.3) is 0 Å². The Hall–Kier alpha value is -0.490. The van der Waals surface area contributed by atoms with Gasteiger partial charge in [0.2, 0.25) is 0 Å². The third-order valence-electron chi connectivity index (χ3n) is 11.7. The summed E-state index contributed by atoms with van der Waals surface area (Å²) < 4.78 is 0. The third-order valence-corrected chi connectivity index (χ3v) is 11.7. The largest absolute Gasteiger partial charge is 0.390 e. The number of aliphatic hydroxyl groups excluding tert-OH is 4. The van der Waals surface area contributed by atoms with Crippen LogP contribution in [0.5, 0.6) is 0 Å². The molecule has 0 aromatic heterocycles. The van der Waals surface area contributed by atoms with Crippen molar-refractivity contribution in [2.75, 3.05) is 0 Å². The summed E-state index contributed by atoms with van der Waals surface area (Å²) in [6, 6.07) is 0. The first-order valence-electron chi connectivity index (χ1n) is 13.6. The van der Waals surface area contributed by atoms with Crippen LogP contribution in [0.2, 0.25) is 0 Å². The van der Waals surface area contributed by atoms with Crippen LogP contribution in [-0.4, -0.2) is 50.6 Å². The zero-order valence-corrected chi connectivity index (χ0v) is 21.6. The smallest absolute Gasteiger partial charge is 0.136 e. The molecule has 0 bridgehead atoms. The second-order valence-electron chi connectivity index (χ2n) is 13.4. The summed E-state index contributed by atoms with van der Waals surface area (Å²) in [4.78, 5) is 13.3. The highest BCUT2D eigenvalue weighted by atomic mass is 16.3. The second kappa shape index (κ2) is 8.87. The van der Waals surface area contributed by atoms with Crippen LogP contribution in [0.4, 0.5) is 0 Å². The van der Waals surface area contributed by atoms with Crippen molar-refractivity contribution in [1.82, 2.24) is 0 Å². The molecule has 0 aromatic rings. The van der Waals surface area contributed by atoms with E-state index in [1.807, 2.05) is 6.92 Å². The van der Waals surface area contributed by atoms with Crippen LogP contribution >= 0.6 is 0 Å². The van der Waals surface area contributed by atoms with Crippen molar-refractivity contribution in [2.45, 2.75) is 111 Å². The predicted molar refractivity (Wildman–Crippen MR) is 128 cm³/mol. The molecule has 5 heteroatoms. The number of rotatable bonds is 5. The van der Waals surface area contributed by atoms with Gasteiger partial charge in [0.15, 0.2) is 0 Å². The van der Waals surface area contributed by atoms with Crippen LogP contribution in [0, 0.1) is 58.2 Å². The summed E-state index contributed by atoms with van der Waals surface area (Å²) in [5, 5.41) is 42.8. The minimum absolute atomic E-state index is 0.0158. The van der Waals surface area contributed by atoms with Gasteiger partial charge in [-0.2, -0.15) is 0 Å². The molecule has 0 heterocycles. The maximum atomic E-state index is 13.3. The maximum absolute atomic E-state index is 13.3. The van der Waals surface area contributed by atoms with Crippen molar-refractivity contribution < 1.29 is 25.2 Å². The number of carbonyl (C=O) groups excluding carboxylic acids is 1. The summed E-state index contributed by atoms with van der Waals surface area (Å²) in [6.07, 6.45) is 2.80. The van der Waals surface area contributed by atoms with Crippen molar-refractivity contribution in [3.8, 4) is 0 Å². The average Bonchev–Trinajstić information content (AvgIpc) is 3.10. The van der Waals surface area contributed by atoms with Gasteiger partial charge in [0.25, 0.3) is 0 Å². The van der Waals surface area contributed by atoms with Crippen LogP contribution in [0.3, 0.4) is 0 Å². The van der Waals surface area contributed by atoms with E-state index in [4.69, 9.17) is 0 Å². The first-order valence-corrected chi connectivity index (χ1v) is 13.6.